The van der Waals surface area contributed by atoms with Crippen LogP contribution < -0.4 is 10.6 Å². The highest BCUT2D eigenvalue weighted by molar-refractivity contribution is 7.80. The molecule has 0 aliphatic carbocycles. The summed E-state index contributed by atoms with van der Waals surface area (Å²) in [6.45, 7) is 4.87. The number of benzene rings is 1. The number of rotatable bonds is 6. The van der Waals surface area contributed by atoms with Gasteiger partial charge in [-0.05, 0) is 61.4 Å². The van der Waals surface area contributed by atoms with Crippen LogP contribution >= 0.6 is 12.2 Å². The number of furan rings is 1. The highest BCUT2D eigenvalue weighted by Gasteiger charge is 2.11. The van der Waals surface area contributed by atoms with Crippen LogP contribution in [-0.4, -0.2) is 23.1 Å². The summed E-state index contributed by atoms with van der Waals surface area (Å²) in [5.74, 6) is 0.875. The predicted molar refractivity (Wildman–Crippen MR) is 95.9 cm³/mol. The first-order valence-electron chi connectivity index (χ1n) is 8.14. The fraction of sp³-hybridized carbons (Fsp3) is 0.389. The van der Waals surface area contributed by atoms with Crippen molar-refractivity contribution in [1.82, 2.24) is 15.5 Å². The molecule has 0 unspecified atom stereocenters. The molecule has 2 N–H and O–H groups in total. The van der Waals surface area contributed by atoms with Gasteiger partial charge < -0.3 is 15.1 Å². The van der Waals surface area contributed by atoms with E-state index in [-0.39, 0.29) is 0 Å². The first-order chi connectivity index (χ1) is 11.3. The van der Waals surface area contributed by atoms with E-state index in [1.807, 2.05) is 12.1 Å². The van der Waals surface area contributed by atoms with Gasteiger partial charge in [-0.25, -0.2) is 0 Å². The van der Waals surface area contributed by atoms with Crippen LogP contribution in [0.5, 0.6) is 0 Å². The Morgan fingerprint density at radius 1 is 1.00 bits per heavy atom. The zero-order valence-electron chi connectivity index (χ0n) is 13.3. The zero-order chi connectivity index (χ0) is 15.9. The lowest BCUT2D eigenvalue weighted by atomic mass is 10.1. The molecule has 0 spiro atoms. The van der Waals surface area contributed by atoms with Gasteiger partial charge in [-0.15, -0.1) is 0 Å². The Balaban J connectivity index is 1.40. The van der Waals surface area contributed by atoms with Crippen molar-refractivity contribution in [3.05, 3.63) is 59.5 Å². The molecule has 0 amide bonds. The highest BCUT2D eigenvalue weighted by Crippen LogP contribution is 2.13. The van der Waals surface area contributed by atoms with Gasteiger partial charge in [-0.1, -0.05) is 24.3 Å². The molecule has 1 fully saturated rings. The van der Waals surface area contributed by atoms with E-state index in [0.717, 1.165) is 18.8 Å². The summed E-state index contributed by atoms with van der Waals surface area (Å²) >= 11 is 5.28. The van der Waals surface area contributed by atoms with Gasteiger partial charge in [0.05, 0.1) is 12.8 Å². The monoisotopic (exact) mass is 329 g/mol. The molecule has 23 heavy (non-hydrogen) atoms. The van der Waals surface area contributed by atoms with E-state index in [1.165, 1.54) is 37.1 Å². The smallest absolute Gasteiger partial charge is 0.166 e. The average Bonchev–Trinajstić information content (AvgIpc) is 3.26. The Bertz CT molecular complexity index is 604. The molecule has 0 radical (unpaired) electrons. The maximum Gasteiger partial charge on any atom is 0.166 e. The van der Waals surface area contributed by atoms with E-state index in [0.29, 0.717) is 11.7 Å². The summed E-state index contributed by atoms with van der Waals surface area (Å²) in [4.78, 5) is 2.51. The molecule has 1 saturated heterocycles. The molecule has 0 saturated carbocycles. The first kappa shape index (κ1) is 16.0. The van der Waals surface area contributed by atoms with E-state index >= 15 is 0 Å². The average molecular weight is 329 g/mol. The molecule has 122 valence electrons. The zero-order valence-corrected chi connectivity index (χ0v) is 14.1. The molecular weight excluding hydrogens is 306 g/mol. The summed E-state index contributed by atoms with van der Waals surface area (Å²) in [6.07, 6.45) is 4.34. The maximum absolute atomic E-state index is 5.28. The van der Waals surface area contributed by atoms with Crippen molar-refractivity contribution >= 4 is 17.3 Å². The Kier molecular flexibility index (Phi) is 5.66. The van der Waals surface area contributed by atoms with Gasteiger partial charge in [0, 0.05) is 13.1 Å². The van der Waals surface area contributed by atoms with Crippen LogP contribution in [0.25, 0.3) is 0 Å². The Labute approximate surface area is 142 Å². The van der Waals surface area contributed by atoms with E-state index in [4.69, 9.17) is 16.6 Å². The number of nitrogens with zero attached hydrogens (tertiary/aromatic N) is 1. The van der Waals surface area contributed by atoms with Crippen molar-refractivity contribution in [2.45, 2.75) is 32.5 Å². The van der Waals surface area contributed by atoms with Gasteiger partial charge in [0.25, 0.3) is 0 Å². The van der Waals surface area contributed by atoms with Crippen molar-refractivity contribution in [1.29, 1.82) is 0 Å². The third-order valence-electron chi connectivity index (χ3n) is 4.08. The highest BCUT2D eigenvalue weighted by atomic mass is 32.1. The molecule has 1 aliphatic heterocycles. The van der Waals surface area contributed by atoms with Crippen molar-refractivity contribution in [3.8, 4) is 0 Å². The van der Waals surface area contributed by atoms with E-state index < -0.39 is 0 Å². The SMILES string of the molecule is S=C(NCc1ccc(CN2CCCC2)cc1)NCc1ccco1. The quantitative estimate of drug-likeness (QED) is 0.797. The van der Waals surface area contributed by atoms with Crippen molar-refractivity contribution < 1.29 is 4.42 Å². The standard InChI is InChI=1S/C18H23N3OS/c23-18(20-13-17-4-3-11-22-17)19-12-15-5-7-16(8-6-15)14-21-9-1-2-10-21/h3-8,11H,1-2,9-10,12-14H2,(H2,19,20,23). The molecule has 1 aliphatic rings. The van der Waals surface area contributed by atoms with Crippen molar-refractivity contribution in [2.24, 2.45) is 0 Å². The van der Waals surface area contributed by atoms with Crippen molar-refractivity contribution in [2.75, 3.05) is 13.1 Å². The minimum absolute atomic E-state index is 0.605. The van der Waals surface area contributed by atoms with Crippen LogP contribution in [0.3, 0.4) is 0 Å². The minimum atomic E-state index is 0.605. The molecular formula is C18H23N3OS. The lowest BCUT2D eigenvalue weighted by Gasteiger charge is -2.15. The van der Waals surface area contributed by atoms with Gasteiger partial charge in [-0.2, -0.15) is 0 Å². The second kappa shape index (κ2) is 8.13. The fourth-order valence-corrected chi connectivity index (χ4v) is 2.93. The molecule has 1 aromatic carbocycles. The second-order valence-corrected chi connectivity index (χ2v) is 6.32. The van der Waals surface area contributed by atoms with Crippen molar-refractivity contribution in [3.63, 3.8) is 0 Å². The summed E-state index contributed by atoms with van der Waals surface area (Å²) in [5, 5.41) is 7.00. The van der Waals surface area contributed by atoms with Gasteiger partial charge in [0.2, 0.25) is 0 Å². The normalized spacial score (nSPS) is 14.8. The summed E-state index contributed by atoms with van der Waals surface area (Å²) < 4.78 is 5.26. The van der Waals surface area contributed by atoms with Crippen LogP contribution in [0.2, 0.25) is 0 Å². The summed E-state index contributed by atoms with van der Waals surface area (Å²) in [7, 11) is 0. The van der Waals surface area contributed by atoms with Crippen LogP contribution in [0.15, 0.2) is 47.1 Å². The van der Waals surface area contributed by atoms with Gasteiger partial charge in [-0.3, -0.25) is 4.90 Å². The predicted octanol–water partition coefficient (Wildman–Crippen LogP) is 3.04. The molecule has 0 atom stereocenters. The molecule has 2 heterocycles. The van der Waals surface area contributed by atoms with E-state index in [2.05, 4.69) is 39.8 Å². The largest absolute Gasteiger partial charge is 0.467 e. The topological polar surface area (TPSA) is 40.4 Å². The number of nitrogens with one attached hydrogen (secondary N) is 2. The van der Waals surface area contributed by atoms with Crippen LogP contribution in [0.4, 0.5) is 0 Å². The molecule has 0 bridgehead atoms. The number of hydrogen-bond donors (Lipinski definition) is 2. The maximum atomic E-state index is 5.28. The lowest BCUT2D eigenvalue weighted by Crippen LogP contribution is -2.34. The lowest BCUT2D eigenvalue weighted by molar-refractivity contribution is 0.331. The molecule has 5 heteroatoms. The third kappa shape index (κ3) is 5.08. The number of hydrogen-bond acceptors (Lipinski definition) is 3. The van der Waals surface area contributed by atoms with E-state index in [1.54, 1.807) is 6.26 Å². The van der Waals surface area contributed by atoms with E-state index in [9.17, 15) is 0 Å². The van der Waals surface area contributed by atoms with Crippen LogP contribution in [0.1, 0.15) is 29.7 Å². The fourth-order valence-electron chi connectivity index (χ4n) is 2.79. The number of thiocarbonyl (C=S) groups is 1. The molecule has 3 rings (SSSR count). The third-order valence-corrected chi connectivity index (χ3v) is 4.37. The number of likely N-dealkylation sites (tertiary alicyclic amines) is 1. The second-order valence-electron chi connectivity index (χ2n) is 5.92. The molecule has 4 nitrogen and oxygen atoms in total. The molecule has 2 aromatic rings. The Morgan fingerprint density at radius 3 is 2.39 bits per heavy atom. The van der Waals surface area contributed by atoms with Gasteiger partial charge in [0.1, 0.15) is 5.76 Å². The first-order valence-corrected chi connectivity index (χ1v) is 8.55. The summed E-state index contributed by atoms with van der Waals surface area (Å²) in [5.41, 5.74) is 2.62. The summed E-state index contributed by atoms with van der Waals surface area (Å²) in [6, 6.07) is 12.6. The minimum Gasteiger partial charge on any atom is -0.467 e. The van der Waals surface area contributed by atoms with Crippen LogP contribution in [0, 0.1) is 0 Å². The Morgan fingerprint density at radius 2 is 1.70 bits per heavy atom. The van der Waals surface area contributed by atoms with Gasteiger partial charge in [0.15, 0.2) is 5.11 Å². The molecule has 1 aromatic heterocycles. The van der Waals surface area contributed by atoms with Crippen LogP contribution in [-0.2, 0) is 19.6 Å². The van der Waals surface area contributed by atoms with Gasteiger partial charge >= 0.3 is 0 Å². The Hall–Kier alpha value is -1.85.